The first kappa shape index (κ1) is 23.2. The van der Waals surface area contributed by atoms with Crippen LogP contribution in [0.5, 0.6) is 5.06 Å². The van der Waals surface area contributed by atoms with E-state index in [9.17, 15) is 9.90 Å². The van der Waals surface area contributed by atoms with E-state index in [0.717, 1.165) is 30.6 Å². The van der Waals surface area contributed by atoms with Crippen molar-refractivity contribution < 1.29 is 19.7 Å². The Balaban J connectivity index is 1.76. The Morgan fingerprint density at radius 2 is 2.07 bits per heavy atom. The highest BCUT2D eigenvalue weighted by atomic mass is 35.5. The highest BCUT2D eigenvalue weighted by Crippen LogP contribution is 2.40. The van der Waals surface area contributed by atoms with E-state index in [1.54, 1.807) is 6.07 Å². The van der Waals surface area contributed by atoms with Crippen LogP contribution < -0.4 is 4.74 Å². The van der Waals surface area contributed by atoms with Crippen molar-refractivity contribution in [2.75, 3.05) is 0 Å². The topological polar surface area (TPSA) is 66.8 Å². The summed E-state index contributed by atoms with van der Waals surface area (Å²) < 4.78 is 4.68. The number of aliphatic hydroxyl groups excluding tert-OH is 1. The monoisotopic (exact) mass is 428 g/mol. The standard InChI is InChI=1S/C22H33ClO4S/c1-2-3-4-5-6-7-8-11-18-17(19(23)15-20(18)24)12-9-10-16-13-14-21(28-16)27-22(25)26/h8,11,13-14,17-20,24H,2-7,9-10,12,15H2,1H3,(H,25,26)/t17-,18-,19-,20-/m1/s1. The lowest BCUT2D eigenvalue weighted by molar-refractivity contribution is 0.139. The van der Waals surface area contributed by atoms with Crippen LogP contribution in [0.4, 0.5) is 4.79 Å². The van der Waals surface area contributed by atoms with Gasteiger partial charge in [0.2, 0.25) is 0 Å². The number of hydrogen-bond acceptors (Lipinski definition) is 4. The van der Waals surface area contributed by atoms with Crippen LogP contribution in [0.2, 0.25) is 0 Å². The number of carbonyl (C=O) groups is 1. The molecule has 158 valence electrons. The third kappa shape index (κ3) is 7.76. The number of halogens is 1. The summed E-state index contributed by atoms with van der Waals surface area (Å²) in [6.07, 6.45) is 13.7. The van der Waals surface area contributed by atoms with Crippen LogP contribution >= 0.6 is 22.9 Å². The molecule has 1 aromatic rings. The normalized spacial score (nSPS) is 24.8. The van der Waals surface area contributed by atoms with E-state index in [0.29, 0.717) is 17.4 Å². The van der Waals surface area contributed by atoms with Gasteiger partial charge in [-0.1, -0.05) is 44.8 Å². The van der Waals surface area contributed by atoms with Gasteiger partial charge in [-0.25, -0.2) is 4.79 Å². The third-order valence-corrected chi connectivity index (χ3v) is 7.01. The fraction of sp³-hybridized carbons (Fsp3) is 0.682. The molecule has 2 rings (SSSR count). The van der Waals surface area contributed by atoms with E-state index in [1.165, 1.54) is 43.4 Å². The maximum absolute atomic E-state index is 10.6. The number of aryl methyl sites for hydroxylation is 1. The summed E-state index contributed by atoms with van der Waals surface area (Å²) in [7, 11) is 0. The molecular formula is C22H33ClO4S. The first-order chi connectivity index (χ1) is 13.5. The predicted molar refractivity (Wildman–Crippen MR) is 116 cm³/mol. The number of allylic oxidation sites excluding steroid dienone is 1. The zero-order valence-electron chi connectivity index (χ0n) is 16.7. The van der Waals surface area contributed by atoms with E-state index < -0.39 is 6.16 Å². The molecule has 1 heterocycles. The molecule has 0 bridgehead atoms. The van der Waals surface area contributed by atoms with Crippen molar-refractivity contribution in [3.63, 3.8) is 0 Å². The average molecular weight is 429 g/mol. The summed E-state index contributed by atoms with van der Waals surface area (Å²) in [4.78, 5) is 11.7. The smallest absolute Gasteiger partial charge is 0.449 e. The average Bonchev–Trinajstić information content (AvgIpc) is 3.18. The van der Waals surface area contributed by atoms with Gasteiger partial charge in [0.05, 0.1) is 6.10 Å². The minimum absolute atomic E-state index is 0.0171. The zero-order valence-corrected chi connectivity index (χ0v) is 18.3. The number of carboxylic acid groups (broad SMARTS) is 1. The molecule has 0 spiro atoms. The van der Waals surface area contributed by atoms with Crippen molar-refractivity contribution in [2.24, 2.45) is 11.8 Å². The van der Waals surface area contributed by atoms with E-state index in [-0.39, 0.29) is 17.4 Å². The molecular weight excluding hydrogens is 396 g/mol. The lowest BCUT2D eigenvalue weighted by atomic mass is 9.89. The van der Waals surface area contributed by atoms with Gasteiger partial charge in [0.25, 0.3) is 0 Å². The summed E-state index contributed by atoms with van der Waals surface area (Å²) in [5.41, 5.74) is 0. The van der Waals surface area contributed by atoms with Crippen molar-refractivity contribution in [3.8, 4) is 5.06 Å². The molecule has 4 atom stereocenters. The Hall–Kier alpha value is -1.04. The summed E-state index contributed by atoms with van der Waals surface area (Å²) in [5.74, 6) is 0.440. The Morgan fingerprint density at radius 1 is 1.29 bits per heavy atom. The molecule has 2 N–H and O–H groups in total. The number of thiophene rings is 1. The number of aliphatic hydroxyl groups is 1. The fourth-order valence-corrected chi connectivity index (χ4v) is 5.36. The van der Waals surface area contributed by atoms with Crippen molar-refractivity contribution in [3.05, 3.63) is 29.2 Å². The summed E-state index contributed by atoms with van der Waals surface area (Å²) in [6.45, 7) is 2.23. The van der Waals surface area contributed by atoms with E-state index in [1.807, 2.05) is 6.07 Å². The summed E-state index contributed by atoms with van der Waals surface area (Å²) >= 11 is 7.90. The van der Waals surface area contributed by atoms with Crippen molar-refractivity contribution >= 4 is 29.1 Å². The molecule has 0 aromatic carbocycles. The first-order valence-electron chi connectivity index (χ1n) is 10.5. The minimum atomic E-state index is -1.28. The second-order valence-electron chi connectivity index (χ2n) is 7.67. The largest absolute Gasteiger partial charge is 0.512 e. The zero-order chi connectivity index (χ0) is 20.4. The lowest BCUT2D eigenvalue weighted by Crippen LogP contribution is -2.18. The highest BCUT2D eigenvalue weighted by molar-refractivity contribution is 7.13. The van der Waals surface area contributed by atoms with Gasteiger partial charge in [0, 0.05) is 16.2 Å². The highest BCUT2D eigenvalue weighted by Gasteiger charge is 2.39. The number of unbranched alkanes of at least 4 members (excludes halogenated alkanes) is 5. The Labute approximate surface area is 177 Å². The molecule has 0 aliphatic heterocycles. The number of hydrogen-bond donors (Lipinski definition) is 2. The van der Waals surface area contributed by atoms with Crippen LogP contribution in [-0.2, 0) is 6.42 Å². The van der Waals surface area contributed by atoms with E-state index in [2.05, 4.69) is 23.8 Å². The molecule has 1 aromatic heterocycles. The van der Waals surface area contributed by atoms with Gasteiger partial charge in [0.15, 0.2) is 5.06 Å². The SMILES string of the molecule is CCCCCCCC=C[C@@H]1[C@@H](CCCc2ccc(OC(=O)O)s2)[C@H](Cl)C[C@H]1O. The first-order valence-corrected chi connectivity index (χ1v) is 11.7. The Bertz CT molecular complexity index is 615. The molecule has 4 nitrogen and oxygen atoms in total. The summed E-state index contributed by atoms with van der Waals surface area (Å²) in [6, 6.07) is 3.62. The maximum Gasteiger partial charge on any atom is 0.512 e. The maximum atomic E-state index is 10.6. The quantitative estimate of drug-likeness (QED) is 0.169. The molecule has 0 amide bonds. The Morgan fingerprint density at radius 3 is 2.82 bits per heavy atom. The van der Waals surface area contributed by atoms with Crippen LogP contribution in [0.1, 0.15) is 69.6 Å². The van der Waals surface area contributed by atoms with Gasteiger partial charge in [-0.3, -0.25) is 0 Å². The fourth-order valence-electron chi connectivity index (χ4n) is 4.00. The van der Waals surface area contributed by atoms with Gasteiger partial charge in [-0.05, 0) is 56.6 Å². The van der Waals surface area contributed by atoms with Crippen LogP contribution in [0.3, 0.4) is 0 Å². The molecule has 1 aliphatic rings. The van der Waals surface area contributed by atoms with Crippen LogP contribution in [0, 0.1) is 11.8 Å². The van der Waals surface area contributed by atoms with Crippen molar-refractivity contribution in [1.82, 2.24) is 0 Å². The van der Waals surface area contributed by atoms with Gasteiger partial charge in [0.1, 0.15) is 0 Å². The van der Waals surface area contributed by atoms with Crippen molar-refractivity contribution in [2.45, 2.75) is 82.6 Å². The van der Waals surface area contributed by atoms with Crippen LogP contribution in [0.15, 0.2) is 24.3 Å². The molecule has 0 unspecified atom stereocenters. The minimum Gasteiger partial charge on any atom is -0.449 e. The molecule has 1 saturated carbocycles. The molecule has 28 heavy (non-hydrogen) atoms. The predicted octanol–water partition coefficient (Wildman–Crippen LogP) is 6.65. The van der Waals surface area contributed by atoms with Gasteiger partial charge in [-0.2, -0.15) is 0 Å². The molecule has 1 aliphatic carbocycles. The van der Waals surface area contributed by atoms with E-state index >= 15 is 0 Å². The molecule has 1 fully saturated rings. The molecule has 6 heteroatoms. The third-order valence-electron chi connectivity index (χ3n) is 5.49. The number of rotatable bonds is 12. The van der Waals surface area contributed by atoms with Gasteiger partial charge < -0.3 is 14.9 Å². The lowest BCUT2D eigenvalue weighted by Gasteiger charge is -2.20. The molecule has 0 radical (unpaired) electrons. The van der Waals surface area contributed by atoms with Crippen LogP contribution in [-0.4, -0.2) is 27.8 Å². The van der Waals surface area contributed by atoms with E-state index in [4.69, 9.17) is 16.7 Å². The van der Waals surface area contributed by atoms with Crippen molar-refractivity contribution in [1.29, 1.82) is 0 Å². The number of ether oxygens (including phenoxy) is 1. The molecule has 0 saturated heterocycles. The van der Waals surface area contributed by atoms with Gasteiger partial charge >= 0.3 is 6.16 Å². The Kier molecular flexibility index (Phi) is 10.4. The van der Waals surface area contributed by atoms with Gasteiger partial charge in [-0.15, -0.1) is 22.9 Å². The van der Waals surface area contributed by atoms with Crippen LogP contribution in [0.25, 0.3) is 0 Å². The second kappa shape index (κ2) is 12.5. The second-order valence-corrected chi connectivity index (χ2v) is 9.36. The summed E-state index contributed by atoms with van der Waals surface area (Å²) in [5, 5.41) is 19.5. The number of alkyl halides is 1.